The Labute approximate surface area is 68.6 Å². The first-order valence-electron chi connectivity index (χ1n) is 4.56. The van der Waals surface area contributed by atoms with E-state index in [9.17, 15) is 4.39 Å². The summed E-state index contributed by atoms with van der Waals surface area (Å²) in [4.78, 5) is 2.23. The van der Waals surface area contributed by atoms with Crippen molar-refractivity contribution in [2.45, 2.75) is 32.4 Å². The van der Waals surface area contributed by atoms with E-state index < -0.39 is 6.17 Å². The lowest BCUT2D eigenvalue weighted by atomic mass is 9.92. The van der Waals surface area contributed by atoms with Crippen molar-refractivity contribution in [2.75, 3.05) is 20.1 Å². The van der Waals surface area contributed by atoms with Gasteiger partial charge in [0.05, 0.1) is 0 Å². The highest BCUT2D eigenvalue weighted by Crippen LogP contribution is 2.22. The van der Waals surface area contributed by atoms with Crippen molar-refractivity contribution in [2.24, 2.45) is 5.92 Å². The molecule has 0 aromatic heterocycles. The fourth-order valence-corrected chi connectivity index (χ4v) is 1.83. The van der Waals surface area contributed by atoms with E-state index in [1.165, 1.54) is 0 Å². The highest BCUT2D eigenvalue weighted by molar-refractivity contribution is 4.78. The minimum atomic E-state index is -0.536. The molecule has 66 valence electrons. The normalized spacial score (nSPS) is 34.1. The molecular formula is C9H18FN. The van der Waals surface area contributed by atoms with Gasteiger partial charge in [-0.05, 0) is 19.9 Å². The van der Waals surface area contributed by atoms with Gasteiger partial charge in [0.1, 0.15) is 6.17 Å². The van der Waals surface area contributed by atoms with Crippen LogP contribution in [-0.4, -0.2) is 31.2 Å². The lowest BCUT2D eigenvalue weighted by molar-refractivity contribution is 0.0986. The summed E-state index contributed by atoms with van der Waals surface area (Å²) in [7, 11) is 2.08. The molecule has 2 heteroatoms. The number of hydrogen-bond acceptors (Lipinski definition) is 1. The quantitative estimate of drug-likeness (QED) is 0.596. The van der Waals surface area contributed by atoms with Crippen LogP contribution in [0.2, 0.25) is 0 Å². The van der Waals surface area contributed by atoms with Crippen LogP contribution in [0, 0.1) is 5.92 Å². The van der Waals surface area contributed by atoms with E-state index >= 15 is 0 Å². The second-order valence-corrected chi connectivity index (χ2v) is 3.62. The molecule has 1 heterocycles. The van der Waals surface area contributed by atoms with Gasteiger partial charge in [0, 0.05) is 19.0 Å². The Morgan fingerprint density at radius 3 is 2.91 bits per heavy atom. The fourth-order valence-electron chi connectivity index (χ4n) is 1.83. The Morgan fingerprint density at radius 2 is 2.27 bits per heavy atom. The second-order valence-electron chi connectivity index (χ2n) is 3.62. The largest absolute Gasteiger partial charge is 0.306 e. The van der Waals surface area contributed by atoms with E-state index in [4.69, 9.17) is 0 Å². The Kier molecular flexibility index (Phi) is 3.31. The number of hydrogen-bond donors (Lipinski definition) is 0. The van der Waals surface area contributed by atoms with E-state index in [2.05, 4.69) is 18.9 Å². The Hall–Kier alpha value is -0.110. The zero-order chi connectivity index (χ0) is 8.27. The molecule has 2 atom stereocenters. The van der Waals surface area contributed by atoms with Crippen LogP contribution < -0.4 is 0 Å². The minimum absolute atomic E-state index is 0.304. The molecule has 0 N–H and O–H groups in total. The van der Waals surface area contributed by atoms with E-state index in [0.717, 1.165) is 32.4 Å². The molecule has 1 fully saturated rings. The summed E-state index contributed by atoms with van der Waals surface area (Å²) >= 11 is 0. The van der Waals surface area contributed by atoms with Crippen molar-refractivity contribution < 1.29 is 4.39 Å². The zero-order valence-corrected chi connectivity index (χ0v) is 7.52. The summed E-state index contributed by atoms with van der Waals surface area (Å²) in [5, 5.41) is 0. The van der Waals surface area contributed by atoms with Gasteiger partial charge in [0.15, 0.2) is 0 Å². The van der Waals surface area contributed by atoms with Crippen molar-refractivity contribution in [1.82, 2.24) is 4.90 Å². The SMILES string of the molecule is CCC[C@@H]1CN(C)CC[C@@H]1F. The van der Waals surface area contributed by atoms with Crippen LogP contribution >= 0.6 is 0 Å². The van der Waals surface area contributed by atoms with Crippen LogP contribution in [0.4, 0.5) is 4.39 Å². The van der Waals surface area contributed by atoms with Crippen LogP contribution in [-0.2, 0) is 0 Å². The standard InChI is InChI=1S/C9H18FN/c1-3-4-8-7-11(2)6-5-9(8)10/h8-9H,3-7H2,1-2H3/t8-,9+/m1/s1. The van der Waals surface area contributed by atoms with E-state index in [-0.39, 0.29) is 0 Å². The van der Waals surface area contributed by atoms with Gasteiger partial charge >= 0.3 is 0 Å². The lowest BCUT2D eigenvalue weighted by Crippen LogP contribution is -2.39. The Balaban J connectivity index is 2.34. The van der Waals surface area contributed by atoms with Gasteiger partial charge in [-0.15, -0.1) is 0 Å². The first kappa shape index (κ1) is 8.98. The van der Waals surface area contributed by atoms with E-state index in [1.807, 2.05) is 0 Å². The number of likely N-dealkylation sites (tertiary alicyclic amines) is 1. The summed E-state index contributed by atoms with van der Waals surface area (Å²) in [5.41, 5.74) is 0. The van der Waals surface area contributed by atoms with Gasteiger partial charge in [-0.3, -0.25) is 0 Å². The van der Waals surface area contributed by atoms with E-state index in [1.54, 1.807) is 0 Å². The van der Waals surface area contributed by atoms with Gasteiger partial charge in [-0.1, -0.05) is 13.3 Å². The van der Waals surface area contributed by atoms with Crippen LogP contribution in [0.5, 0.6) is 0 Å². The van der Waals surface area contributed by atoms with Gasteiger partial charge < -0.3 is 4.90 Å². The number of piperidine rings is 1. The van der Waals surface area contributed by atoms with Crippen LogP contribution in [0.3, 0.4) is 0 Å². The second kappa shape index (κ2) is 4.05. The van der Waals surface area contributed by atoms with E-state index in [0.29, 0.717) is 5.92 Å². The van der Waals surface area contributed by atoms with Crippen molar-refractivity contribution in [3.8, 4) is 0 Å². The third-order valence-electron chi connectivity index (χ3n) is 2.50. The summed E-state index contributed by atoms with van der Waals surface area (Å²) in [6, 6.07) is 0. The van der Waals surface area contributed by atoms with Crippen LogP contribution in [0.25, 0.3) is 0 Å². The Morgan fingerprint density at radius 1 is 1.55 bits per heavy atom. The molecule has 1 rings (SSSR count). The fraction of sp³-hybridized carbons (Fsp3) is 1.00. The molecule has 0 unspecified atom stereocenters. The molecule has 0 spiro atoms. The number of nitrogens with zero attached hydrogens (tertiary/aromatic N) is 1. The molecule has 0 aromatic rings. The molecular weight excluding hydrogens is 141 g/mol. The number of alkyl halides is 1. The predicted octanol–water partition coefficient (Wildman–Crippen LogP) is 2.08. The van der Waals surface area contributed by atoms with Gasteiger partial charge in [0.2, 0.25) is 0 Å². The molecule has 0 aromatic carbocycles. The smallest absolute Gasteiger partial charge is 0.105 e. The summed E-state index contributed by atoms with van der Waals surface area (Å²) in [6.07, 6.45) is 2.36. The van der Waals surface area contributed by atoms with Crippen molar-refractivity contribution in [3.63, 3.8) is 0 Å². The molecule has 1 nitrogen and oxygen atoms in total. The topological polar surface area (TPSA) is 3.24 Å². The minimum Gasteiger partial charge on any atom is -0.306 e. The first-order valence-corrected chi connectivity index (χ1v) is 4.56. The molecule has 1 aliphatic heterocycles. The summed E-state index contributed by atoms with van der Waals surface area (Å²) in [5.74, 6) is 0.304. The predicted molar refractivity (Wildman–Crippen MR) is 45.4 cm³/mol. The van der Waals surface area contributed by atoms with Gasteiger partial charge in [-0.2, -0.15) is 0 Å². The maximum atomic E-state index is 13.2. The third-order valence-corrected chi connectivity index (χ3v) is 2.50. The first-order chi connectivity index (χ1) is 5.24. The van der Waals surface area contributed by atoms with Gasteiger partial charge in [-0.25, -0.2) is 4.39 Å². The summed E-state index contributed by atoms with van der Waals surface area (Å²) < 4.78 is 13.2. The van der Waals surface area contributed by atoms with Crippen LogP contribution in [0.1, 0.15) is 26.2 Å². The van der Waals surface area contributed by atoms with Crippen LogP contribution in [0.15, 0.2) is 0 Å². The van der Waals surface area contributed by atoms with Crippen molar-refractivity contribution in [3.05, 3.63) is 0 Å². The van der Waals surface area contributed by atoms with Crippen molar-refractivity contribution in [1.29, 1.82) is 0 Å². The lowest BCUT2D eigenvalue weighted by Gasteiger charge is -2.32. The molecule has 1 saturated heterocycles. The van der Waals surface area contributed by atoms with Crippen molar-refractivity contribution >= 4 is 0 Å². The number of halogens is 1. The molecule has 0 aliphatic carbocycles. The molecule has 0 saturated carbocycles. The number of rotatable bonds is 2. The monoisotopic (exact) mass is 159 g/mol. The molecule has 0 radical (unpaired) electrons. The molecule has 1 aliphatic rings. The average Bonchev–Trinajstić information content (AvgIpc) is 1.98. The molecule has 0 amide bonds. The molecule has 11 heavy (non-hydrogen) atoms. The molecule has 0 bridgehead atoms. The third kappa shape index (κ3) is 2.44. The zero-order valence-electron chi connectivity index (χ0n) is 7.52. The average molecular weight is 159 g/mol. The maximum Gasteiger partial charge on any atom is 0.105 e. The van der Waals surface area contributed by atoms with Gasteiger partial charge in [0.25, 0.3) is 0 Å². The summed E-state index contributed by atoms with van der Waals surface area (Å²) in [6.45, 7) is 4.01. The highest BCUT2D eigenvalue weighted by atomic mass is 19.1. The highest BCUT2D eigenvalue weighted by Gasteiger charge is 2.26. The Bertz CT molecular complexity index is 116. The maximum absolute atomic E-state index is 13.2.